The molecule has 0 unspecified atom stereocenters. The molecular formula is C24H41NO7. The molecule has 0 aliphatic carbocycles. The number of carbonyl (C=O) groups excluding carboxylic acids is 3. The van der Waals surface area contributed by atoms with Crippen molar-refractivity contribution in [1.29, 1.82) is 0 Å². The highest BCUT2D eigenvalue weighted by atomic mass is 16.6. The molecule has 0 saturated carbocycles. The van der Waals surface area contributed by atoms with Gasteiger partial charge in [0.25, 0.3) is 0 Å². The third kappa shape index (κ3) is 5.28. The number of methoxy groups -OCH3 is 2. The van der Waals surface area contributed by atoms with E-state index < -0.39 is 53.0 Å². The molecule has 8 heteroatoms. The van der Waals surface area contributed by atoms with Gasteiger partial charge in [-0.05, 0) is 39.5 Å². The van der Waals surface area contributed by atoms with Crippen LogP contribution in [0, 0.1) is 34.5 Å². The zero-order valence-electron chi connectivity index (χ0n) is 21.3. The molecule has 1 aliphatic rings. The summed E-state index contributed by atoms with van der Waals surface area (Å²) < 4.78 is 17.2. The molecule has 9 atom stereocenters. The smallest absolute Gasteiger partial charge is 0.316 e. The number of hydrogen-bond acceptors (Lipinski definition) is 8. The molecule has 0 amide bonds. The molecule has 32 heavy (non-hydrogen) atoms. The molecular weight excluding hydrogens is 414 g/mol. The standard InChI is InChI=1S/C24H41NO7/c1-11-18-24(8,31-10)21(25-29)15(4)19(26)13(2)12-23(7,30-9)17(6)14(3)20(27)16(5)22(28)32-18/h13-18,21H,11-12H2,1-10H3/t13-,14-,15+,16-,17-,18-,21-,23-,24-/m1/s1. The summed E-state index contributed by atoms with van der Waals surface area (Å²) in [6.07, 6.45) is -0.173. The summed E-state index contributed by atoms with van der Waals surface area (Å²) in [7, 11) is 2.96. The van der Waals surface area contributed by atoms with Crippen LogP contribution >= 0.6 is 0 Å². The van der Waals surface area contributed by atoms with Crippen LogP contribution in [0.1, 0.15) is 68.2 Å². The number of Topliss-reactive ketones (excluding diaryl/α,β-unsaturated/α-hetero) is 2. The first-order valence-corrected chi connectivity index (χ1v) is 11.5. The highest BCUT2D eigenvalue weighted by molar-refractivity contribution is 5.99. The normalized spacial score (nSPS) is 42.8. The third-order valence-corrected chi connectivity index (χ3v) is 7.94. The first kappa shape index (κ1) is 28.4. The third-order valence-electron chi connectivity index (χ3n) is 7.94. The Balaban J connectivity index is 3.63. The van der Waals surface area contributed by atoms with Crippen LogP contribution in [0.2, 0.25) is 0 Å². The molecule has 0 radical (unpaired) electrons. The predicted octanol–water partition coefficient (Wildman–Crippen LogP) is 3.98. The Hall–Kier alpha value is -1.67. The molecule has 0 aromatic rings. The molecule has 0 bridgehead atoms. The summed E-state index contributed by atoms with van der Waals surface area (Å²) in [6.45, 7) is 13.9. The van der Waals surface area contributed by atoms with Gasteiger partial charge in [0.05, 0.1) is 5.60 Å². The quantitative estimate of drug-likeness (QED) is 0.358. The van der Waals surface area contributed by atoms with Crippen molar-refractivity contribution in [2.75, 3.05) is 14.2 Å². The van der Waals surface area contributed by atoms with Crippen LogP contribution in [0.5, 0.6) is 0 Å². The molecule has 8 nitrogen and oxygen atoms in total. The summed E-state index contributed by atoms with van der Waals surface area (Å²) >= 11 is 0. The van der Waals surface area contributed by atoms with Gasteiger partial charge in [-0.25, -0.2) is 0 Å². The lowest BCUT2D eigenvalue weighted by atomic mass is 9.70. The van der Waals surface area contributed by atoms with Crippen molar-refractivity contribution >= 4 is 17.5 Å². The fraction of sp³-hybridized carbons (Fsp3) is 0.875. The van der Waals surface area contributed by atoms with E-state index in [2.05, 4.69) is 5.18 Å². The van der Waals surface area contributed by atoms with Gasteiger partial charge in [0.15, 0.2) is 0 Å². The maximum Gasteiger partial charge on any atom is 0.316 e. The predicted molar refractivity (Wildman–Crippen MR) is 121 cm³/mol. The fourth-order valence-electron chi connectivity index (χ4n) is 5.04. The lowest BCUT2D eigenvalue weighted by Crippen LogP contribution is -2.56. The number of carbonyl (C=O) groups is 3. The molecule has 1 heterocycles. The summed E-state index contributed by atoms with van der Waals surface area (Å²) in [5, 5.41) is 3.26. The van der Waals surface area contributed by atoms with Gasteiger partial charge in [-0.15, -0.1) is 0 Å². The van der Waals surface area contributed by atoms with Gasteiger partial charge in [0.1, 0.15) is 35.2 Å². The van der Waals surface area contributed by atoms with Gasteiger partial charge in [-0.2, -0.15) is 4.91 Å². The molecule has 184 valence electrons. The van der Waals surface area contributed by atoms with Gasteiger partial charge in [-0.3, -0.25) is 14.4 Å². The lowest BCUT2D eigenvalue weighted by Gasteiger charge is -2.43. The number of nitroso groups, excluding NO2 is 1. The van der Waals surface area contributed by atoms with Crippen molar-refractivity contribution in [3.8, 4) is 0 Å². The average Bonchev–Trinajstić information content (AvgIpc) is 2.78. The second-order valence-electron chi connectivity index (χ2n) is 9.79. The van der Waals surface area contributed by atoms with Crippen molar-refractivity contribution in [3.63, 3.8) is 0 Å². The van der Waals surface area contributed by atoms with Crippen LogP contribution in [-0.4, -0.2) is 55.1 Å². The Kier molecular flexibility index (Phi) is 9.72. The highest BCUT2D eigenvalue weighted by Gasteiger charge is 2.51. The Morgan fingerprint density at radius 3 is 1.97 bits per heavy atom. The van der Waals surface area contributed by atoms with Gasteiger partial charge >= 0.3 is 5.97 Å². The van der Waals surface area contributed by atoms with Gasteiger partial charge in [0.2, 0.25) is 0 Å². The van der Waals surface area contributed by atoms with Crippen molar-refractivity contribution in [3.05, 3.63) is 4.91 Å². The van der Waals surface area contributed by atoms with Crippen LogP contribution in [0.4, 0.5) is 0 Å². The minimum Gasteiger partial charge on any atom is -0.459 e. The van der Waals surface area contributed by atoms with E-state index in [1.54, 1.807) is 41.7 Å². The number of ether oxygens (including phenoxy) is 3. The van der Waals surface area contributed by atoms with E-state index in [9.17, 15) is 19.3 Å². The minimum atomic E-state index is -1.34. The first-order valence-electron chi connectivity index (χ1n) is 11.5. The van der Waals surface area contributed by atoms with E-state index in [0.29, 0.717) is 12.8 Å². The van der Waals surface area contributed by atoms with Crippen molar-refractivity contribution in [2.45, 2.75) is 91.6 Å². The number of hydrogen-bond donors (Lipinski definition) is 0. The van der Waals surface area contributed by atoms with Crippen LogP contribution in [-0.2, 0) is 28.6 Å². The minimum absolute atomic E-state index is 0.154. The van der Waals surface area contributed by atoms with Crippen LogP contribution in [0.3, 0.4) is 0 Å². The molecule has 0 aromatic heterocycles. The number of ketones is 2. The number of nitrogens with zero attached hydrogens (tertiary/aromatic N) is 1. The molecule has 1 rings (SSSR count). The zero-order valence-corrected chi connectivity index (χ0v) is 21.3. The van der Waals surface area contributed by atoms with E-state index in [1.807, 2.05) is 13.8 Å². The van der Waals surface area contributed by atoms with Crippen LogP contribution in [0.15, 0.2) is 5.18 Å². The summed E-state index contributed by atoms with van der Waals surface area (Å²) in [5.41, 5.74) is -2.13. The molecule has 1 fully saturated rings. The first-order chi connectivity index (χ1) is 14.7. The van der Waals surface area contributed by atoms with Gasteiger partial charge in [0, 0.05) is 32.0 Å². The Bertz CT molecular complexity index is 710. The van der Waals surface area contributed by atoms with Gasteiger partial charge in [-0.1, -0.05) is 39.8 Å². The SMILES string of the molecule is CC[C@H]1OC(=O)[C@H](C)C(=O)[C@H](C)[C@@H](C)[C@](C)(OC)C[C@@H](C)C(=O)[C@H](C)[C@@H](N=O)[C@]1(C)OC. The maximum atomic E-state index is 13.4. The fourth-order valence-corrected chi connectivity index (χ4v) is 5.04. The number of esters is 1. The monoisotopic (exact) mass is 455 g/mol. The van der Waals surface area contributed by atoms with E-state index in [1.165, 1.54) is 14.0 Å². The van der Waals surface area contributed by atoms with Crippen LogP contribution < -0.4 is 0 Å². The average molecular weight is 456 g/mol. The highest BCUT2D eigenvalue weighted by Crippen LogP contribution is 2.39. The second kappa shape index (κ2) is 11.0. The Labute approximate surface area is 192 Å². The topological polar surface area (TPSA) is 108 Å². The Morgan fingerprint density at radius 2 is 1.53 bits per heavy atom. The van der Waals surface area contributed by atoms with E-state index >= 15 is 0 Å². The molecule has 1 saturated heterocycles. The van der Waals surface area contributed by atoms with E-state index in [0.717, 1.165) is 0 Å². The van der Waals surface area contributed by atoms with Crippen molar-refractivity contribution in [2.24, 2.45) is 34.8 Å². The molecule has 1 aliphatic heterocycles. The van der Waals surface area contributed by atoms with Crippen molar-refractivity contribution in [1.82, 2.24) is 0 Å². The van der Waals surface area contributed by atoms with Crippen molar-refractivity contribution < 1.29 is 28.6 Å². The van der Waals surface area contributed by atoms with E-state index in [-0.39, 0.29) is 17.5 Å². The van der Waals surface area contributed by atoms with Gasteiger partial charge < -0.3 is 14.2 Å². The maximum absolute atomic E-state index is 13.4. The lowest BCUT2D eigenvalue weighted by molar-refractivity contribution is -0.179. The number of cyclic esters (lactones) is 1. The zero-order chi connectivity index (χ0) is 25.0. The Morgan fingerprint density at radius 1 is 0.969 bits per heavy atom. The molecule has 0 N–H and O–H groups in total. The summed E-state index contributed by atoms with van der Waals surface area (Å²) in [5.74, 6) is -4.07. The molecule has 0 aromatic carbocycles. The largest absolute Gasteiger partial charge is 0.459 e. The second-order valence-corrected chi connectivity index (χ2v) is 9.79. The summed E-state index contributed by atoms with van der Waals surface area (Å²) in [4.78, 5) is 51.4. The number of rotatable bonds is 4. The van der Waals surface area contributed by atoms with Crippen LogP contribution in [0.25, 0.3) is 0 Å². The summed E-state index contributed by atoms with van der Waals surface area (Å²) in [6, 6.07) is -1.08. The molecule has 0 spiro atoms. The van der Waals surface area contributed by atoms with E-state index in [4.69, 9.17) is 14.2 Å².